The monoisotopic (exact) mass is 1220 g/mol. The molecule has 11 fully saturated rings. The van der Waals surface area contributed by atoms with Gasteiger partial charge in [-0.1, -0.05) is 94.7 Å². The molecule has 87 heavy (non-hydrogen) atoms. The second kappa shape index (κ2) is 27.2. The number of aliphatic hydroxyl groups is 9. The van der Waals surface area contributed by atoms with Crippen molar-refractivity contribution in [3.63, 3.8) is 0 Å². The van der Waals surface area contributed by atoms with Crippen molar-refractivity contribution >= 4 is 0 Å². The van der Waals surface area contributed by atoms with Crippen LogP contribution in [-0.2, 0) is 0 Å². The third-order valence-corrected chi connectivity index (χ3v) is 31.1. The van der Waals surface area contributed by atoms with Crippen molar-refractivity contribution in [1.82, 2.24) is 0 Å². The molecule has 0 amide bonds. The van der Waals surface area contributed by atoms with Gasteiger partial charge in [-0.05, 0) is 339 Å². The molecule has 0 spiro atoms. The van der Waals surface area contributed by atoms with Crippen LogP contribution in [0.1, 0.15) is 289 Å². The summed E-state index contributed by atoms with van der Waals surface area (Å²) in [5, 5.41) is 96.1. The standard InChI is InChI=1S/2C26H46O3.C26H44O3/c3*1-16(2)5-10-23(28)24(29)22-9-8-20-19-7-6-17-15-18(27)11-13-25(17,3)21(19)12-14-26(20,22)4/h2*16-24,27-29H,5-15H2,1-4H3;6,16,18-24,27-29H,5,7-15H2,1-4H3/t17-,18-,19-,20-,21-,22+,23+,24-,25-,26-;17-,18-,19-,20-,21-,22+,23-,24-,25-,26-;18-,19-,20-,21-,22+,23-,24-,25-,26-/m000/s1. The van der Waals surface area contributed by atoms with E-state index in [4.69, 9.17) is 0 Å². The van der Waals surface area contributed by atoms with Gasteiger partial charge in [0, 0.05) is 0 Å². The summed E-state index contributed by atoms with van der Waals surface area (Å²) in [5.41, 5.74) is 3.17. The van der Waals surface area contributed by atoms with Crippen LogP contribution in [-0.4, -0.2) is 101 Å². The summed E-state index contributed by atoms with van der Waals surface area (Å²) in [4.78, 5) is 0. The third-order valence-electron chi connectivity index (χ3n) is 31.1. The highest BCUT2D eigenvalue weighted by atomic mass is 16.3. The summed E-state index contributed by atoms with van der Waals surface area (Å²) >= 11 is 0. The van der Waals surface area contributed by atoms with Crippen LogP contribution in [0.25, 0.3) is 0 Å². The fraction of sp³-hybridized carbons (Fsp3) is 0.974. The Morgan fingerprint density at radius 3 is 1.07 bits per heavy atom. The number of rotatable bonds is 15. The molecule has 11 saturated carbocycles. The second-order valence-electron chi connectivity index (χ2n) is 36.6. The minimum absolute atomic E-state index is 0.0724. The van der Waals surface area contributed by atoms with Crippen molar-refractivity contribution in [2.24, 2.45) is 133 Å². The van der Waals surface area contributed by atoms with Crippen LogP contribution in [0.3, 0.4) is 0 Å². The van der Waals surface area contributed by atoms with E-state index in [1.807, 2.05) is 0 Å². The van der Waals surface area contributed by atoms with E-state index in [-0.39, 0.29) is 57.7 Å². The lowest BCUT2D eigenvalue weighted by Crippen LogP contribution is -2.55. The SMILES string of the molecule is CC(C)CC[C@@H](O)[C@@H](O)[C@H]1CC[C@H]2[C@@H]3CC[C@H]4C[C@@H](O)CC[C@]4(C)[C@H]3CC[C@]12C.CC(C)CC[C@H](O)[C@@H](O)[C@H]1CC[C@H]2[C@@H]3CC=C4C[C@@H](O)CC[C@]4(C)[C@H]3CC[C@]12C.CC(C)CC[C@H](O)[C@@H](O)[C@H]1CC[C@H]2[C@@H]3CC[C@H]4C[C@@H](O)CC[C@]4(C)[C@H]3CC[C@]12C. The first-order valence-electron chi connectivity index (χ1n) is 37.8. The Kier molecular flexibility index (Phi) is 21.7. The molecule has 0 heterocycles. The lowest BCUT2D eigenvalue weighted by Gasteiger charge is -2.61. The average Bonchev–Trinajstić information content (AvgIpc) is 1.72. The van der Waals surface area contributed by atoms with Crippen LogP contribution in [0.5, 0.6) is 0 Å². The normalized spacial score (nSPS) is 48.3. The highest BCUT2D eigenvalue weighted by Crippen LogP contribution is 2.71. The second-order valence-corrected chi connectivity index (χ2v) is 36.6. The number of allylic oxidation sites excluding steroid dienone is 1. The van der Waals surface area contributed by atoms with Gasteiger partial charge in [-0.25, -0.2) is 0 Å². The Balaban J connectivity index is 0.000000144. The highest BCUT2D eigenvalue weighted by Gasteiger charge is 2.65. The molecule has 12 rings (SSSR count). The number of hydrogen-bond donors (Lipinski definition) is 9. The number of aliphatic hydroxyl groups excluding tert-OH is 9. The Morgan fingerprint density at radius 1 is 0.356 bits per heavy atom. The Hall–Kier alpha value is -0.620. The quantitative estimate of drug-likeness (QED) is 0.0721. The average molecular weight is 1220 g/mol. The van der Waals surface area contributed by atoms with Gasteiger partial charge in [0.25, 0.3) is 0 Å². The van der Waals surface area contributed by atoms with Crippen molar-refractivity contribution in [3.05, 3.63) is 11.6 Å². The Labute approximate surface area is 531 Å². The van der Waals surface area contributed by atoms with Crippen LogP contribution in [0.4, 0.5) is 0 Å². The van der Waals surface area contributed by atoms with Gasteiger partial charge in [-0.2, -0.15) is 0 Å². The zero-order valence-corrected chi connectivity index (χ0v) is 57.7. The summed E-state index contributed by atoms with van der Waals surface area (Å²) in [6.07, 6.45) is 34.0. The molecule has 0 radical (unpaired) electrons. The molecule has 502 valence electrons. The molecule has 9 N–H and O–H groups in total. The zero-order valence-electron chi connectivity index (χ0n) is 57.7. The zero-order chi connectivity index (χ0) is 62.9. The van der Waals surface area contributed by atoms with E-state index in [2.05, 4.69) is 89.2 Å². The molecule has 9 nitrogen and oxygen atoms in total. The smallest absolute Gasteiger partial charge is 0.0832 e. The van der Waals surface area contributed by atoms with Crippen LogP contribution in [0.15, 0.2) is 11.6 Å². The first-order valence-corrected chi connectivity index (χ1v) is 37.8. The minimum atomic E-state index is -0.578. The van der Waals surface area contributed by atoms with E-state index >= 15 is 0 Å². The van der Waals surface area contributed by atoms with Crippen molar-refractivity contribution < 1.29 is 46.0 Å². The van der Waals surface area contributed by atoms with E-state index in [0.717, 1.165) is 132 Å². The Morgan fingerprint density at radius 2 is 0.690 bits per heavy atom. The van der Waals surface area contributed by atoms with Crippen LogP contribution in [0, 0.1) is 133 Å². The molecule has 12 aliphatic rings. The van der Waals surface area contributed by atoms with Gasteiger partial charge in [0.2, 0.25) is 0 Å². The molecule has 0 aromatic heterocycles. The lowest BCUT2D eigenvalue weighted by atomic mass is 9.44. The van der Waals surface area contributed by atoms with Gasteiger partial charge in [-0.3, -0.25) is 0 Å². The molecule has 0 aromatic rings. The molecule has 9 heteroatoms. The minimum Gasteiger partial charge on any atom is -0.393 e. The molecule has 29 atom stereocenters. The summed E-state index contributed by atoms with van der Waals surface area (Å²) < 4.78 is 0. The lowest BCUT2D eigenvalue weighted by molar-refractivity contribution is -0.140. The van der Waals surface area contributed by atoms with Crippen LogP contribution in [0.2, 0.25) is 0 Å². The maximum absolute atomic E-state index is 11.1. The first-order chi connectivity index (χ1) is 41.0. The molecular formula is C78H136O9. The largest absolute Gasteiger partial charge is 0.393 e. The van der Waals surface area contributed by atoms with Crippen molar-refractivity contribution in [1.29, 1.82) is 0 Å². The van der Waals surface area contributed by atoms with Gasteiger partial charge in [0.05, 0.1) is 54.9 Å². The fourth-order valence-electron chi connectivity index (χ4n) is 25.7. The van der Waals surface area contributed by atoms with Crippen LogP contribution >= 0.6 is 0 Å². The van der Waals surface area contributed by atoms with E-state index < -0.39 is 36.6 Å². The van der Waals surface area contributed by atoms with Crippen molar-refractivity contribution in [3.8, 4) is 0 Å². The molecule has 0 saturated heterocycles. The van der Waals surface area contributed by atoms with Gasteiger partial charge < -0.3 is 46.0 Å². The molecule has 0 unspecified atom stereocenters. The molecule has 0 bridgehead atoms. The van der Waals surface area contributed by atoms with Gasteiger partial charge in [0.1, 0.15) is 0 Å². The summed E-state index contributed by atoms with van der Waals surface area (Å²) in [6.45, 7) is 28.0. The predicted octanol–water partition coefficient (Wildman–Crippen LogP) is 15.4. The molecule has 12 aliphatic carbocycles. The topological polar surface area (TPSA) is 182 Å². The number of hydrogen-bond acceptors (Lipinski definition) is 9. The number of fused-ring (bicyclic) bond motifs is 15. The Bertz CT molecular complexity index is 2170. The summed E-state index contributed by atoms with van der Waals surface area (Å²) in [5.74, 6) is 10.6. The van der Waals surface area contributed by atoms with Crippen molar-refractivity contribution in [2.45, 2.75) is 343 Å². The molecule has 0 aliphatic heterocycles. The van der Waals surface area contributed by atoms with E-state index in [1.165, 1.54) is 102 Å². The first kappa shape index (κ1) is 69.2. The van der Waals surface area contributed by atoms with E-state index in [1.54, 1.807) is 0 Å². The summed E-state index contributed by atoms with van der Waals surface area (Å²) in [7, 11) is 0. The van der Waals surface area contributed by atoms with Crippen molar-refractivity contribution in [2.75, 3.05) is 0 Å². The van der Waals surface area contributed by atoms with Crippen LogP contribution < -0.4 is 0 Å². The van der Waals surface area contributed by atoms with Gasteiger partial charge >= 0.3 is 0 Å². The van der Waals surface area contributed by atoms with Gasteiger partial charge in [-0.15, -0.1) is 0 Å². The maximum Gasteiger partial charge on any atom is 0.0832 e. The third kappa shape index (κ3) is 13.2. The van der Waals surface area contributed by atoms with E-state index in [9.17, 15) is 46.0 Å². The van der Waals surface area contributed by atoms with E-state index in [0.29, 0.717) is 70.5 Å². The fourth-order valence-corrected chi connectivity index (χ4v) is 25.7. The molecular weight excluding hydrogens is 1080 g/mol. The maximum atomic E-state index is 11.1. The highest BCUT2D eigenvalue weighted by molar-refractivity contribution is 5.26. The predicted molar refractivity (Wildman–Crippen MR) is 352 cm³/mol. The summed E-state index contributed by atoms with van der Waals surface area (Å²) in [6, 6.07) is 0. The van der Waals surface area contributed by atoms with Gasteiger partial charge in [0.15, 0.2) is 0 Å². The molecule has 0 aromatic carbocycles.